The van der Waals surface area contributed by atoms with Gasteiger partial charge >= 0.3 is 0 Å². The summed E-state index contributed by atoms with van der Waals surface area (Å²) in [6.07, 6.45) is 2.93. The summed E-state index contributed by atoms with van der Waals surface area (Å²) in [4.78, 5) is 13.8. The number of benzene rings is 1. The van der Waals surface area contributed by atoms with Crippen molar-refractivity contribution in [3.05, 3.63) is 18.2 Å². The Morgan fingerprint density at radius 3 is 2.61 bits per heavy atom. The van der Waals surface area contributed by atoms with Crippen molar-refractivity contribution in [2.75, 3.05) is 37.5 Å². The van der Waals surface area contributed by atoms with E-state index < -0.39 is 10.0 Å². The van der Waals surface area contributed by atoms with Crippen molar-refractivity contribution in [1.82, 2.24) is 4.90 Å². The van der Waals surface area contributed by atoms with Crippen LogP contribution in [-0.2, 0) is 14.8 Å². The van der Waals surface area contributed by atoms with Crippen LogP contribution >= 0.6 is 0 Å². The van der Waals surface area contributed by atoms with Crippen LogP contribution < -0.4 is 13.8 Å². The van der Waals surface area contributed by atoms with E-state index in [-0.39, 0.29) is 19.2 Å². The van der Waals surface area contributed by atoms with E-state index in [1.807, 2.05) is 6.92 Å². The van der Waals surface area contributed by atoms with Gasteiger partial charge in [-0.2, -0.15) is 0 Å². The van der Waals surface area contributed by atoms with Crippen LogP contribution in [0.4, 0.5) is 5.69 Å². The lowest BCUT2D eigenvalue weighted by molar-refractivity contribution is -0.128. The van der Waals surface area contributed by atoms with Crippen LogP contribution in [0.3, 0.4) is 0 Å². The number of anilines is 1. The van der Waals surface area contributed by atoms with Crippen molar-refractivity contribution < 1.29 is 22.7 Å². The molecular formula is C15H22N2O5S. The van der Waals surface area contributed by atoms with E-state index in [1.54, 1.807) is 30.1 Å². The molecule has 0 spiro atoms. The summed E-state index contributed by atoms with van der Waals surface area (Å²) in [5, 5.41) is 0. The molecule has 0 aliphatic carbocycles. The zero-order valence-electron chi connectivity index (χ0n) is 13.6. The molecule has 7 nitrogen and oxygen atoms in total. The Hall–Kier alpha value is -1.96. The molecule has 0 unspecified atom stereocenters. The fourth-order valence-electron chi connectivity index (χ4n) is 2.20. The minimum Gasteiger partial charge on any atom is -0.454 e. The second-order valence-electron chi connectivity index (χ2n) is 5.48. The Labute approximate surface area is 136 Å². The van der Waals surface area contributed by atoms with Gasteiger partial charge in [0.1, 0.15) is 6.54 Å². The van der Waals surface area contributed by atoms with Crippen LogP contribution in [0.15, 0.2) is 18.2 Å². The molecule has 0 saturated carbocycles. The molecule has 0 saturated heterocycles. The number of fused-ring (bicyclic) bond motifs is 1. The van der Waals surface area contributed by atoms with Gasteiger partial charge in [0.2, 0.25) is 22.7 Å². The monoisotopic (exact) mass is 342 g/mol. The molecule has 0 aromatic heterocycles. The predicted molar refractivity (Wildman–Crippen MR) is 87.3 cm³/mol. The molecular weight excluding hydrogens is 320 g/mol. The highest BCUT2D eigenvalue weighted by Gasteiger charge is 2.24. The maximum absolute atomic E-state index is 12.3. The third-order valence-corrected chi connectivity index (χ3v) is 4.74. The van der Waals surface area contributed by atoms with Crippen LogP contribution in [0.25, 0.3) is 0 Å². The molecule has 2 rings (SSSR count). The Morgan fingerprint density at radius 1 is 1.26 bits per heavy atom. The number of carbonyl (C=O) groups is 1. The van der Waals surface area contributed by atoms with Crippen LogP contribution in [0.2, 0.25) is 0 Å². The van der Waals surface area contributed by atoms with E-state index in [1.165, 1.54) is 0 Å². The number of ether oxygens (including phenoxy) is 2. The molecule has 1 aliphatic heterocycles. The molecule has 128 valence electrons. The summed E-state index contributed by atoms with van der Waals surface area (Å²) in [5.74, 6) is 0.790. The van der Waals surface area contributed by atoms with Crippen molar-refractivity contribution in [2.24, 2.45) is 0 Å². The van der Waals surface area contributed by atoms with E-state index >= 15 is 0 Å². The maximum Gasteiger partial charge on any atom is 0.243 e. The van der Waals surface area contributed by atoms with Gasteiger partial charge < -0.3 is 14.4 Å². The third kappa shape index (κ3) is 4.28. The number of unbranched alkanes of at least 4 members (excludes halogenated alkanes) is 1. The Morgan fingerprint density at radius 2 is 1.96 bits per heavy atom. The molecule has 23 heavy (non-hydrogen) atoms. The van der Waals surface area contributed by atoms with Gasteiger partial charge in [-0.25, -0.2) is 8.42 Å². The van der Waals surface area contributed by atoms with Crippen LogP contribution in [0.5, 0.6) is 11.5 Å². The number of nitrogens with zero attached hydrogens (tertiary/aromatic N) is 2. The lowest BCUT2D eigenvalue weighted by Gasteiger charge is -2.25. The van der Waals surface area contributed by atoms with Gasteiger partial charge in [0, 0.05) is 19.7 Å². The molecule has 1 heterocycles. The number of sulfonamides is 1. The molecule has 0 atom stereocenters. The van der Waals surface area contributed by atoms with Gasteiger partial charge in [-0.05, 0) is 18.6 Å². The molecule has 8 heteroatoms. The van der Waals surface area contributed by atoms with Crippen LogP contribution in [0, 0.1) is 0 Å². The van der Waals surface area contributed by atoms with Crippen LogP contribution in [-0.4, -0.2) is 52.4 Å². The minimum atomic E-state index is -3.60. The van der Waals surface area contributed by atoms with Gasteiger partial charge in [0.05, 0.1) is 11.9 Å². The smallest absolute Gasteiger partial charge is 0.243 e. The third-order valence-electron chi connectivity index (χ3n) is 3.60. The summed E-state index contributed by atoms with van der Waals surface area (Å²) in [5.41, 5.74) is 0.383. The average Bonchev–Trinajstić information content (AvgIpc) is 2.96. The standard InChI is InChI=1S/C15H22N2O5S/c1-4-5-8-16(2)15(18)10-17(23(3,19)20)12-6-7-13-14(9-12)22-11-21-13/h6-7,9H,4-5,8,10-11H2,1-3H3. The van der Waals surface area contributed by atoms with Crippen LogP contribution in [0.1, 0.15) is 19.8 Å². The first-order valence-corrected chi connectivity index (χ1v) is 9.29. The lowest BCUT2D eigenvalue weighted by atomic mass is 10.2. The van der Waals surface area contributed by atoms with E-state index in [4.69, 9.17) is 9.47 Å². The van der Waals surface area contributed by atoms with Gasteiger partial charge in [0.15, 0.2) is 11.5 Å². The van der Waals surface area contributed by atoms with Gasteiger partial charge in [0.25, 0.3) is 0 Å². The number of hydrogen-bond acceptors (Lipinski definition) is 5. The van der Waals surface area contributed by atoms with Gasteiger partial charge in [-0.3, -0.25) is 9.10 Å². The van der Waals surface area contributed by atoms with Gasteiger partial charge in [-0.1, -0.05) is 13.3 Å². The topological polar surface area (TPSA) is 76.2 Å². The highest BCUT2D eigenvalue weighted by atomic mass is 32.2. The largest absolute Gasteiger partial charge is 0.454 e. The first-order chi connectivity index (χ1) is 10.8. The summed E-state index contributed by atoms with van der Waals surface area (Å²) < 4.78 is 35.7. The normalized spacial score (nSPS) is 13.0. The van der Waals surface area contributed by atoms with Crippen molar-refractivity contribution in [3.8, 4) is 11.5 Å². The summed E-state index contributed by atoms with van der Waals surface area (Å²) in [7, 11) is -1.92. The molecule has 1 amide bonds. The Bertz CT molecular complexity index is 674. The van der Waals surface area contributed by atoms with E-state index in [9.17, 15) is 13.2 Å². The highest BCUT2D eigenvalue weighted by molar-refractivity contribution is 7.92. The lowest BCUT2D eigenvalue weighted by Crippen LogP contribution is -2.41. The highest BCUT2D eigenvalue weighted by Crippen LogP contribution is 2.36. The Kier molecular flexibility index (Phi) is 5.35. The molecule has 1 aromatic rings. The summed E-state index contributed by atoms with van der Waals surface area (Å²) >= 11 is 0. The van der Waals surface area contributed by atoms with Crippen molar-refractivity contribution in [3.63, 3.8) is 0 Å². The quantitative estimate of drug-likeness (QED) is 0.749. The number of likely N-dealkylation sites (N-methyl/N-ethyl adjacent to an activating group) is 1. The van der Waals surface area contributed by atoms with Crippen molar-refractivity contribution >= 4 is 21.6 Å². The SMILES string of the molecule is CCCCN(C)C(=O)CN(c1ccc2c(c1)OCO2)S(C)(=O)=O. The number of rotatable bonds is 7. The zero-order valence-corrected chi connectivity index (χ0v) is 14.4. The fraction of sp³-hybridized carbons (Fsp3) is 0.533. The second kappa shape index (κ2) is 7.08. The summed E-state index contributed by atoms with van der Waals surface area (Å²) in [6, 6.07) is 4.82. The zero-order chi connectivity index (χ0) is 17.0. The van der Waals surface area contributed by atoms with E-state index in [0.29, 0.717) is 23.7 Å². The average molecular weight is 342 g/mol. The Balaban J connectivity index is 2.20. The number of hydrogen-bond donors (Lipinski definition) is 0. The van der Waals surface area contributed by atoms with E-state index in [0.717, 1.165) is 23.4 Å². The number of carbonyl (C=O) groups excluding carboxylic acids is 1. The molecule has 0 fully saturated rings. The van der Waals surface area contributed by atoms with Crippen molar-refractivity contribution in [1.29, 1.82) is 0 Å². The minimum absolute atomic E-state index is 0.107. The second-order valence-corrected chi connectivity index (χ2v) is 7.38. The number of amides is 1. The summed E-state index contributed by atoms with van der Waals surface area (Å²) in [6.45, 7) is 2.51. The molecule has 0 bridgehead atoms. The molecule has 1 aliphatic rings. The first kappa shape index (κ1) is 17.4. The fourth-order valence-corrected chi connectivity index (χ4v) is 3.05. The predicted octanol–water partition coefficient (Wildman–Crippen LogP) is 1.44. The molecule has 1 aromatic carbocycles. The molecule has 0 radical (unpaired) electrons. The van der Waals surface area contributed by atoms with Gasteiger partial charge in [-0.15, -0.1) is 0 Å². The van der Waals surface area contributed by atoms with Crippen molar-refractivity contribution in [2.45, 2.75) is 19.8 Å². The maximum atomic E-state index is 12.3. The van der Waals surface area contributed by atoms with E-state index in [2.05, 4.69) is 0 Å². The molecule has 0 N–H and O–H groups in total. The first-order valence-electron chi connectivity index (χ1n) is 7.44.